The van der Waals surface area contributed by atoms with Crippen molar-refractivity contribution in [3.8, 4) is 0 Å². The first-order chi connectivity index (χ1) is 8.35. The van der Waals surface area contributed by atoms with Crippen LogP contribution in [0.15, 0.2) is 18.2 Å². The Balaban J connectivity index is 2.87. The molecule has 0 amide bonds. The van der Waals surface area contributed by atoms with Gasteiger partial charge in [-0.3, -0.25) is 14.8 Å². The second-order valence-corrected chi connectivity index (χ2v) is 5.94. The normalized spacial score (nSPS) is 11.2. The molecular weight excluding hydrogens is 280 g/mol. The molecule has 0 aliphatic heterocycles. The van der Waals surface area contributed by atoms with Gasteiger partial charge in [-0.2, -0.15) is 0 Å². The number of hydrogen-bond acceptors (Lipinski definition) is 4. The predicted octanol–water partition coefficient (Wildman–Crippen LogP) is 2.27. The maximum absolute atomic E-state index is 11.6. The minimum atomic E-state index is -3.45. The van der Waals surface area contributed by atoms with Gasteiger partial charge in [0.1, 0.15) is 0 Å². The molecule has 1 rings (SSSR count). The molecule has 0 heterocycles. The Morgan fingerprint density at radius 2 is 2.11 bits per heavy atom. The summed E-state index contributed by atoms with van der Waals surface area (Å²) in [6.45, 7) is 1.55. The Labute approximate surface area is 110 Å². The average molecular weight is 293 g/mol. The van der Waals surface area contributed by atoms with Crippen molar-refractivity contribution in [1.29, 1.82) is 0 Å². The van der Waals surface area contributed by atoms with E-state index in [2.05, 4.69) is 4.72 Å². The van der Waals surface area contributed by atoms with Crippen LogP contribution in [-0.4, -0.2) is 25.0 Å². The van der Waals surface area contributed by atoms with Gasteiger partial charge in [-0.1, -0.05) is 0 Å². The zero-order chi connectivity index (χ0) is 13.8. The predicted molar refractivity (Wildman–Crippen MR) is 70.6 cm³/mol. The molecule has 1 aromatic carbocycles. The Morgan fingerprint density at radius 1 is 1.44 bits per heavy atom. The smallest absolute Gasteiger partial charge is 0.272 e. The summed E-state index contributed by atoms with van der Waals surface area (Å²) in [6.07, 6.45) is 0.350. The lowest BCUT2D eigenvalue weighted by Crippen LogP contribution is -2.17. The molecule has 0 radical (unpaired) electrons. The van der Waals surface area contributed by atoms with Gasteiger partial charge < -0.3 is 0 Å². The number of benzene rings is 1. The molecule has 8 heteroatoms. The minimum absolute atomic E-state index is 0.0429. The summed E-state index contributed by atoms with van der Waals surface area (Å²) in [5.74, 6) is 0.187. The van der Waals surface area contributed by atoms with Crippen molar-refractivity contribution >= 4 is 33.0 Å². The van der Waals surface area contributed by atoms with Gasteiger partial charge in [-0.05, 0) is 25.5 Å². The van der Waals surface area contributed by atoms with Crippen LogP contribution in [0, 0.1) is 17.0 Å². The first kappa shape index (κ1) is 14.7. The summed E-state index contributed by atoms with van der Waals surface area (Å²) in [6, 6.07) is 4.06. The minimum Gasteiger partial charge on any atom is -0.284 e. The van der Waals surface area contributed by atoms with Crippen LogP contribution in [0.1, 0.15) is 12.0 Å². The lowest BCUT2D eigenvalue weighted by atomic mass is 10.2. The number of nitro benzene ring substituents is 1. The summed E-state index contributed by atoms with van der Waals surface area (Å²) in [5.41, 5.74) is 0.670. The number of alkyl halides is 1. The number of halogens is 1. The highest BCUT2D eigenvalue weighted by atomic mass is 35.5. The van der Waals surface area contributed by atoms with E-state index in [0.29, 0.717) is 17.7 Å². The fourth-order valence-electron chi connectivity index (χ4n) is 1.40. The Hall–Kier alpha value is -1.34. The van der Waals surface area contributed by atoms with Gasteiger partial charge in [0.15, 0.2) is 0 Å². The highest BCUT2D eigenvalue weighted by Gasteiger charge is 2.13. The summed E-state index contributed by atoms with van der Waals surface area (Å²) in [4.78, 5) is 10.1. The van der Waals surface area contributed by atoms with E-state index in [1.165, 1.54) is 18.2 Å². The van der Waals surface area contributed by atoms with Gasteiger partial charge in [0, 0.05) is 23.2 Å². The molecule has 100 valence electrons. The van der Waals surface area contributed by atoms with Crippen molar-refractivity contribution in [3.05, 3.63) is 33.9 Å². The van der Waals surface area contributed by atoms with Crippen LogP contribution < -0.4 is 4.72 Å². The highest BCUT2D eigenvalue weighted by Crippen LogP contribution is 2.22. The molecule has 0 spiro atoms. The molecule has 6 nitrogen and oxygen atoms in total. The second kappa shape index (κ2) is 6.01. The molecule has 0 aromatic heterocycles. The summed E-state index contributed by atoms with van der Waals surface area (Å²) < 4.78 is 25.5. The number of sulfonamides is 1. The monoisotopic (exact) mass is 292 g/mol. The number of aryl methyl sites for hydroxylation is 1. The van der Waals surface area contributed by atoms with E-state index in [1.807, 2.05) is 0 Å². The molecule has 0 unspecified atom stereocenters. The van der Waals surface area contributed by atoms with E-state index < -0.39 is 14.9 Å². The topological polar surface area (TPSA) is 89.3 Å². The molecule has 0 aliphatic carbocycles. The van der Waals surface area contributed by atoms with Crippen LogP contribution in [0.2, 0.25) is 0 Å². The molecule has 0 fully saturated rings. The van der Waals surface area contributed by atoms with Crippen LogP contribution in [0.5, 0.6) is 0 Å². The fourth-order valence-corrected chi connectivity index (χ4v) is 2.80. The summed E-state index contributed by atoms with van der Waals surface area (Å²) >= 11 is 5.42. The second-order valence-electron chi connectivity index (χ2n) is 3.72. The largest absolute Gasteiger partial charge is 0.284 e. The zero-order valence-corrected chi connectivity index (χ0v) is 11.3. The maximum Gasteiger partial charge on any atom is 0.272 e. The molecule has 1 N–H and O–H groups in total. The van der Waals surface area contributed by atoms with Gasteiger partial charge >= 0.3 is 0 Å². The van der Waals surface area contributed by atoms with Crippen LogP contribution >= 0.6 is 11.6 Å². The lowest BCUT2D eigenvalue weighted by Gasteiger charge is -2.08. The van der Waals surface area contributed by atoms with E-state index in [-0.39, 0.29) is 17.3 Å². The summed E-state index contributed by atoms with van der Waals surface area (Å²) in [7, 11) is -3.45. The van der Waals surface area contributed by atoms with Crippen molar-refractivity contribution in [2.75, 3.05) is 16.4 Å². The average Bonchev–Trinajstić information content (AvgIpc) is 2.25. The molecule has 1 aromatic rings. The third-order valence-corrected chi connectivity index (χ3v) is 3.85. The molecule has 0 atom stereocenters. The van der Waals surface area contributed by atoms with Gasteiger partial charge in [0.25, 0.3) is 5.69 Å². The van der Waals surface area contributed by atoms with Crippen LogP contribution in [0.3, 0.4) is 0 Å². The SMILES string of the molecule is Cc1cc(NS(=O)(=O)CCCCl)ccc1[N+](=O)[O-]. The first-order valence-corrected chi connectivity index (χ1v) is 7.36. The zero-order valence-electron chi connectivity index (χ0n) is 9.72. The Kier molecular flexibility index (Phi) is 4.92. The number of hydrogen-bond donors (Lipinski definition) is 1. The number of nitro groups is 1. The standard InChI is InChI=1S/C10H13ClN2O4S/c1-8-7-9(3-4-10(8)13(14)15)12-18(16,17)6-2-5-11/h3-4,7,12H,2,5-6H2,1H3. The van der Waals surface area contributed by atoms with E-state index in [0.717, 1.165) is 0 Å². The quantitative estimate of drug-likeness (QED) is 0.495. The highest BCUT2D eigenvalue weighted by molar-refractivity contribution is 7.92. The van der Waals surface area contributed by atoms with E-state index in [1.54, 1.807) is 6.92 Å². The number of nitrogens with zero attached hydrogens (tertiary/aromatic N) is 1. The number of rotatable bonds is 6. The number of anilines is 1. The molecule has 0 saturated carbocycles. The van der Waals surface area contributed by atoms with Crippen molar-refractivity contribution in [1.82, 2.24) is 0 Å². The molecule has 0 aliphatic rings. The van der Waals surface area contributed by atoms with Crippen LogP contribution in [0.25, 0.3) is 0 Å². The first-order valence-electron chi connectivity index (χ1n) is 5.17. The van der Waals surface area contributed by atoms with Crippen molar-refractivity contribution < 1.29 is 13.3 Å². The van der Waals surface area contributed by atoms with E-state index in [4.69, 9.17) is 11.6 Å². The number of nitrogens with one attached hydrogen (secondary N) is 1. The Morgan fingerprint density at radius 3 is 2.61 bits per heavy atom. The van der Waals surface area contributed by atoms with Gasteiger partial charge in [-0.15, -0.1) is 11.6 Å². The maximum atomic E-state index is 11.6. The van der Waals surface area contributed by atoms with Gasteiger partial charge in [-0.25, -0.2) is 8.42 Å². The molecule has 0 bridgehead atoms. The van der Waals surface area contributed by atoms with Crippen LogP contribution in [-0.2, 0) is 10.0 Å². The van der Waals surface area contributed by atoms with Crippen LogP contribution in [0.4, 0.5) is 11.4 Å². The van der Waals surface area contributed by atoms with E-state index >= 15 is 0 Å². The fraction of sp³-hybridized carbons (Fsp3) is 0.400. The van der Waals surface area contributed by atoms with Crippen molar-refractivity contribution in [2.45, 2.75) is 13.3 Å². The Bertz CT molecular complexity index is 545. The molecule has 0 saturated heterocycles. The molecular formula is C10H13ClN2O4S. The van der Waals surface area contributed by atoms with E-state index in [9.17, 15) is 18.5 Å². The molecule has 18 heavy (non-hydrogen) atoms. The van der Waals surface area contributed by atoms with Crippen molar-refractivity contribution in [3.63, 3.8) is 0 Å². The summed E-state index contributed by atoms with van der Waals surface area (Å²) in [5, 5.41) is 10.6. The third-order valence-electron chi connectivity index (χ3n) is 2.21. The van der Waals surface area contributed by atoms with Gasteiger partial charge in [0.2, 0.25) is 10.0 Å². The van der Waals surface area contributed by atoms with Gasteiger partial charge in [0.05, 0.1) is 10.7 Å². The van der Waals surface area contributed by atoms with Crippen molar-refractivity contribution in [2.24, 2.45) is 0 Å². The third kappa shape index (κ3) is 4.15. The lowest BCUT2D eigenvalue weighted by molar-refractivity contribution is -0.385.